The summed E-state index contributed by atoms with van der Waals surface area (Å²) in [6, 6.07) is 0. The molecule has 0 radical (unpaired) electrons. The van der Waals surface area contributed by atoms with Gasteiger partial charge >= 0.3 is 0 Å². The zero-order chi connectivity index (χ0) is 10.9. The van der Waals surface area contributed by atoms with Crippen LogP contribution in [0.2, 0.25) is 0 Å². The summed E-state index contributed by atoms with van der Waals surface area (Å²) in [7, 11) is 2.22. The van der Waals surface area contributed by atoms with Gasteiger partial charge in [0.25, 0.3) is 0 Å². The molecule has 0 aromatic heterocycles. The van der Waals surface area contributed by atoms with Crippen molar-refractivity contribution >= 4 is 0 Å². The maximum Gasteiger partial charge on any atom is 0.0147 e. The highest BCUT2D eigenvalue weighted by Crippen LogP contribution is 2.16. The number of nitrogens with zero attached hydrogens (tertiary/aromatic N) is 1. The second-order valence-electron chi connectivity index (χ2n) is 3.94. The molecule has 0 unspecified atom stereocenters. The molecule has 0 rings (SSSR count). The molecule has 1 heteroatoms. The lowest BCUT2D eigenvalue weighted by Gasteiger charge is -2.34. The van der Waals surface area contributed by atoms with Gasteiger partial charge < -0.3 is 4.90 Å². The highest BCUT2D eigenvalue weighted by Gasteiger charge is 2.19. The van der Waals surface area contributed by atoms with Gasteiger partial charge in [-0.05, 0) is 40.3 Å². The summed E-state index contributed by atoms with van der Waals surface area (Å²) in [4.78, 5) is 2.45. The van der Waals surface area contributed by atoms with Crippen molar-refractivity contribution in [2.24, 2.45) is 0 Å². The summed E-state index contributed by atoms with van der Waals surface area (Å²) in [6.45, 7) is 14.3. The number of rotatable bonds is 5. The van der Waals surface area contributed by atoms with Crippen molar-refractivity contribution in [3.8, 4) is 0 Å². The van der Waals surface area contributed by atoms with Crippen LogP contribution >= 0.6 is 0 Å². The fourth-order valence-corrected chi connectivity index (χ4v) is 0.968. The Balaban J connectivity index is 0. The van der Waals surface area contributed by atoms with Gasteiger partial charge in [-0.15, -0.1) is 0 Å². The third kappa shape index (κ3) is 7.06. The summed E-state index contributed by atoms with van der Waals surface area (Å²) < 4.78 is 0. The Kier molecular flexibility index (Phi) is 10.2. The lowest BCUT2D eigenvalue weighted by Crippen LogP contribution is -2.40. The Hall–Kier alpha value is -0.0400. The van der Waals surface area contributed by atoms with Crippen molar-refractivity contribution < 1.29 is 0 Å². The van der Waals surface area contributed by atoms with E-state index in [0.29, 0.717) is 5.54 Å². The first-order chi connectivity index (χ1) is 6.04. The highest BCUT2D eigenvalue weighted by atomic mass is 15.2. The van der Waals surface area contributed by atoms with Crippen LogP contribution in [0.1, 0.15) is 60.8 Å². The quantitative estimate of drug-likeness (QED) is 0.630. The first-order valence-electron chi connectivity index (χ1n) is 5.75. The van der Waals surface area contributed by atoms with Crippen molar-refractivity contribution in [1.82, 2.24) is 4.90 Å². The van der Waals surface area contributed by atoms with Crippen LogP contribution in [0.4, 0.5) is 0 Å². The van der Waals surface area contributed by atoms with Crippen LogP contribution in [0.3, 0.4) is 0 Å². The van der Waals surface area contributed by atoms with E-state index in [9.17, 15) is 0 Å². The summed E-state index contributed by atoms with van der Waals surface area (Å²) >= 11 is 0. The van der Waals surface area contributed by atoms with Crippen molar-refractivity contribution in [1.29, 1.82) is 0 Å². The highest BCUT2D eigenvalue weighted by molar-refractivity contribution is 4.76. The molecule has 0 saturated heterocycles. The lowest BCUT2D eigenvalue weighted by molar-refractivity contribution is 0.149. The minimum absolute atomic E-state index is 0.384. The van der Waals surface area contributed by atoms with Crippen molar-refractivity contribution in [2.45, 2.75) is 66.3 Å². The zero-order valence-corrected chi connectivity index (χ0v) is 10.8. The summed E-state index contributed by atoms with van der Waals surface area (Å²) in [5.41, 5.74) is 0.384. The Labute approximate surface area is 85.5 Å². The number of hydrogen-bond acceptors (Lipinski definition) is 1. The molecule has 0 aliphatic carbocycles. The fraction of sp³-hybridized carbons (Fsp3) is 1.00. The van der Waals surface area contributed by atoms with E-state index in [-0.39, 0.29) is 0 Å². The van der Waals surface area contributed by atoms with Crippen LogP contribution in [0, 0.1) is 0 Å². The van der Waals surface area contributed by atoms with Gasteiger partial charge in [0.1, 0.15) is 0 Å². The first-order valence-corrected chi connectivity index (χ1v) is 5.75. The molecule has 0 heterocycles. The van der Waals surface area contributed by atoms with Crippen LogP contribution < -0.4 is 0 Å². The normalized spacial score (nSPS) is 11.1. The Bertz CT molecular complexity index is 97.3. The van der Waals surface area contributed by atoms with Gasteiger partial charge in [0.05, 0.1) is 0 Å². The molecule has 82 valence electrons. The molecule has 1 nitrogen and oxygen atoms in total. The van der Waals surface area contributed by atoms with Crippen LogP contribution in [0.15, 0.2) is 0 Å². The van der Waals surface area contributed by atoms with E-state index in [1.54, 1.807) is 0 Å². The van der Waals surface area contributed by atoms with Crippen molar-refractivity contribution in [3.63, 3.8) is 0 Å². The maximum absolute atomic E-state index is 2.45. The minimum atomic E-state index is 0.384. The molecular formula is C12H29N. The molecule has 0 fully saturated rings. The minimum Gasteiger partial charge on any atom is -0.301 e. The van der Waals surface area contributed by atoms with Gasteiger partial charge in [-0.1, -0.05) is 34.1 Å². The number of unbranched alkanes of at least 4 members (excludes halogenated alkanes) is 1. The van der Waals surface area contributed by atoms with Gasteiger partial charge in [0, 0.05) is 5.54 Å². The smallest absolute Gasteiger partial charge is 0.0147 e. The van der Waals surface area contributed by atoms with Gasteiger partial charge in [-0.3, -0.25) is 0 Å². The van der Waals surface area contributed by atoms with E-state index in [0.717, 1.165) is 0 Å². The van der Waals surface area contributed by atoms with E-state index in [1.807, 2.05) is 13.8 Å². The molecule has 0 aliphatic heterocycles. The second-order valence-corrected chi connectivity index (χ2v) is 3.94. The van der Waals surface area contributed by atoms with Gasteiger partial charge in [-0.25, -0.2) is 0 Å². The molecule has 0 aromatic rings. The SMILES string of the molecule is CC.CCCCN(C)C(C)(C)CC. The molecule has 0 atom stereocenters. The molecule has 0 aliphatic rings. The molecule has 0 spiro atoms. The second kappa shape index (κ2) is 8.55. The van der Waals surface area contributed by atoms with Crippen LogP contribution in [0.5, 0.6) is 0 Å². The van der Waals surface area contributed by atoms with E-state index < -0.39 is 0 Å². The Morgan fingerprint density at radius 2 is 1.54 bits per heavy atom. The predicted molar refractivity (Wildman–Crippen MR) is 63.3 cm³/mol. The molecular weight excluding hydrogens is 158 g/mol. The molecule has 0 N–H and O–H groups in total. The molecule has 13 heavy (non-hydrogen) atoms. The van der Waals surface area contributed by atoms with E-state index in [1.165, 1.54) is 25.8 Å². The number of hydrogen-bond donors (Lipinski definition) is 0. The summed E-state index contributed by atoms with van der Waals surface area (Å²) in [5.74, 6) is 0. The average Bonchev–Trinajstić information content (AvgIpc) is 2.17. The van der Waals surface area contributed by atoms with Crippen LogP contribution in [-0.2, 0) is 0 Å². The topological polar surface area (TPSA) is 3.24 Å². The average molecular weight is 187 g/mol. The standard InChI is InChI=1S/C10H23N.C2H6/c1-6-8-9-11(5)10(3,4)7-2;1-2/h6-9H2,1-5H3;1-2H3. The lowest BCUT2D eigenvalue weighted by atomic mass is 10.00. The van der Waals surface area contributed by atoms with E-state index in [4.69, 9.17) is 0 Å². The van der Waals surface area contributed by atoms with E-state index >= 15 is 0 Å². The fourth-order valence-electron chi connectivity index (χ4n) is 0.968. The monoisotopic (exact) mass is 187 g/mol. The van der Waals surface area contributed by atoms with Gasteiger partial charge in [0.15, 0.2) is 0 Å². The van der Waals surface area contributed by atoms with Gasteiger partial charge in [0.2, 0.25) is 0 Å². The van der Waals surface area contributed by atoms with E-state index in [2.05, 4.69) is 39.6 Å². The largest absolute Gasteiger partial charge is 0.301 e. The third-order valence-electron chi connectivity index (χ3n) is 2.75. The Morgan fingerprint density at radius 1 is 1.08 bits per heavy atom. The molecule has 0 bridgehead atoms. The zero-order valence-electron chi connectivity index (χ0n) is 10.8. The van der Waals surface area contributed by atoms with Crippen LogP contribution in [-0.4, -0.2) is 24.0 Å². The molecule has 0 saturated carbocycles. The summed E-state index contributed by atoms with van der Waals surface area (Å²) in [5, 5.41) is 0. The van der Waals surface area contributed by atoms with Crippen molar-refractivity contribution in [3.05, 3.63) is 0 Å². The molecule has 0 amide bonds. The van der Waals surface area contributed by atoms with Crippen LogP contribution in [0.25, 0.3) is 0 Å². The third-order valence-corrected chi connectivity index (χ3v) is 2.75. The Morgan fingerprint density at radius 3 is 1.85 bits per heavy atom. The summed E-state index contributed by atoms with van der Waals surface area (Å²) in [6.07, 6.45) is 3.84. The van der Waals surface area contributed by atoms with Gasteiger partial charge in [-0.2, -0.15) is 0 Å². The first kappa shape index (κ1) is 15.4. The van der Waals surface area contributed by atoms with Crippen molar-refractivity contribution in [2.75, 3.05) is 13.6 Å². The molecule has 0 aromatic carbocycles. The predicted octanol–water partition coefficient (Wildman–Crippen LogP) is 3.93. The maximum atomic E-state index is 2.45.